The van der Waals surface area contributed by atoms with Crippen LogP contribution in [0.5, 0.6) is 0 Å². The maximum Gasteiger partial charge on any atom is 0.0426 e. The van der Waals surface area contributed by atoms with E-state index in [1.807, 2.05) is 0 Å². The molecule has 3 rings (SSSR count). The lowest BCUT2D eigenvalue weighted by molar-refractivity contribution is 0.356. The molecular formula is C11H16N2. The Morgan fingerprint density at radius 2 is 2.31 bits per heavy atom. The minimum absolute atomic E-state index is 0.690. The molecule has 2 heteroatoms. The Kier molecular flexibility index (Phi) is 1.38. The standard InChI is InChI=1S/C11H16N2/c1-6-3-8-4-9(6)11-7(2)13-12-5-10(8)11/h5-6,8-9,11-12H,3-4H2,1-2H3. The van der Waals surface area contributed by atoms with Crippen LogP contribution in [0.25, 0.3) is 0 Å². The topological polar surface area (TPSA) is 24.4 Å². The van der Waals surface area contributed by atoms with Gasteiger partial charge in [0.1, 0.15) is 0 Å². The zero-order valence-corrected chi connectivity index (χ0v) is 8.25. The van der Waals surface area contributed by atoms with E-state index in [-0.39, 0.29) is 0 Å². The molecule has 70 valence electrons. The summed E-state index contributed by atoms with van der Waals surface area (Å²) < 4.78 is 0. The Morgan fingerprint density at radius 3 is 3.15 bits per heavy atom. The molecule has 0 aromatic carbocycles. The third kappa shape index (κ3) is 0.862. The summed E-state index contributed by atoms with van der Waals surface area (Å²) in [5.74, 6) is 3.36. The predicted molar refractivity (Wildman–Crippen MR) is 53.2 cm³/mol. The molecule has 2 saturated carbocycles. The van der Waals surface area contributed by atoms with Gasteiger partial charge in [0.25, 0.3) is 0 Å². The summed E-state index contributed by atoms with van der Waals surface area (Å²) in [5, 5.41) is 4.32. The predicted octanol–water partition coefficient (Wildman–Crippen LogP) is 2.14. The van der Waals surface area contributed by atoms with Crippen molar-refractivity contribution in [1.29, 1.82) is 0 Å². The van der Waals surface area contributed by atoms with E-state index >= 15 is 0 Å². The lowest BCUT2D eigenvalue weighted by Gasteiger charge is -2.31. The number of rotatable bonds is 0. The zero-order chi connectivity index (χ0) is 9.00. The Bertz CT molecular complexity index is 303. The van der Waals surface area contributed by atoms with Crippen molar-refractivity contribution >= 4 is 5.71 Å². The molecule has 1 N–H and O–H groups in total. The molecule has 0 amide bonds. The quantitative estimate of drug-likeness (QED) is 0.601. The molecule has 3 aliphatic rings. The van der Waals surface area contributed by atoms with Crippen LogP contribution in [0.15, 0.2) is 16.9 Å². The summed E-state index contributed by atoms with van der Waals surface area (Å²) in [6.07, 6.45) is 4.96. The molecular weight excluding hydrogens is 160 g/mol. The molecule has 0 aromatic heterocycles. The van der Waals surface area contributed by atoms with Crippen LogP contribution in [0.3, 0.4) is 0 Å². The number of hydrazone groups is 1. The van der Waals surface area contributed by atoms with Crippen LogP contribution >= 0.6 is 0 Å². The molecule has 1 heterocycles. The van der Waals surface area contributed by atoms with Crippen molar-refractivity contribution < 1.29 is 0 Å². The second kappa shape index (κ2) is 2.37. The number of hydrogen-bond donors (Lipinski definition) is 1. The highest BCUT2D eigenvalue weighted by Crippen LogP contribution is 2.55. The second-order valence-corrected chi connectivity index (χ2v) is 4.81. The van der Waals surface area contributed by atoms with Crippen molar-refractivity contribution in [2.45, 2.75) is 26.7 Å². The van der Waals surface area contributed by atoms with Gasteiger partial charge in [0, 0.05) is 17.8 Å². The van der Waals surface area contributed by atoms with Crippen molar-refractivity contribution in [1.82, 2.24) is 5.43 Å². The van der Waals surface area contributed by atoms with Gasteiger partial charge in [-0.05, 0) is 43.1 Å². The average molecular weight is 176 g/mol. The smallest absolute Gasteiger partial charge is 0.0426 e. The van der Waals surface area contributed by atoms with E-state index in [1.165, 1.54) is 18.6 Å². The molecule has 2 aliphatic carbocycles. The molecule has 13 heavy (non-hydrogen) atoms. The molecule has 1 aliphatic heterocycles. The lowest BCUT2D eigenvalue weighted by atomic mass is 9.76. The average Bonchev–Trinajstić information content (AvgIpc) is 2.62. The number of fused-ring (bicyclic) bond motifs is 5. The summed E-state index contributed by atoms with van der Waals surface area (Å²) in [4.78, 5) is 0. The molecule has 0 aromatic rings. The maximum atomic E-state index is 4.32. The maximum absolute atomic E-state index is 4.32. The first-order valence-electron chi connectivity index (χ1n) is 5.27. The first kappa shape index (κ1) is 7.60. The van der Waals surface area contributed by atoms with Crippen LogP contribution in [-0.4, -0.2) is 5.71 Å². The van der Waals surface area contributed by atoms with Crippen LogP contribution < -0.4 is 5.43 Å². The Balaban J connectivity index is 2.01. The number of hydrogen-bond acceptors (Lipinski definition) is 2. The van der Waals surface area contributed by atoms with Crippen molar-refractivity contribution in [2.75, 3.05) is 0 Å². The molecule has 2 fully saturated rings. The molecule has 4 atom stereocenters. The third-order valence-corrected chi connectivity index (χ3v) is 4.12. The minimum atomic E-state index is 0.690. The van der Waals surface area contributed by atoms with Crippen molar-refractivity contribution in [3.63, 3.8) is 0 Å². The minimum Gasteiger partial charge on any atom is -0.286 e. The van der Waals surface area contributed by atoms with Crippen LogP contribution in [0.2, 0.25) is 0 Å². The van der Waals surface area contributed by atoms with E-state index < -0.39 is 0 Å². The zero-order valence-electron chi connectivity index (χ0n) is 8.25. The molecule has 4 unspecified atom stereocenters. The van der Waals surface area contributed by atoms with Gasteiger partial charge in [-0.3, -0.25) is 5.43 Å². The first-order valence-corrected chi connectivity index (χ1v) is 5.27. The lowest BCUT2D eigenvalue weighted by Crippen LogP contribution is -2.30. The summed E-state index contributed by atoms with van der Waals surface area (Å²) in [5.41, 5.74) is 5.97. The second-order valence-electron chi connectivity index (χ2n) is 4.81. The summed E-state index contributed by atoms with van der Waals surface area (Å²) >= 11 is 0. The highest BCUT2D eigenvalue weighted by molar-refractivity contribution is 5.88. The normalized spacial score (nSPS) is 46.6. The SMILES string of the molecule is CC1=NNC=C2C3CC(C)C(C3)C21. The largest absolute Gasteiger partial charge is 0.286 e. The molecule has 0 spiro atoms. The van der Waals surface area contributed by atoms with Crippen molar-refractivity contribution in [3.05, 3.63) is 11.8 Å². The van der Waals surface area contributed by atoms with Gasteiger partial charge in [-0.25, -0.2) is 0 Å². The van der Waals surface area contributed by atoms with Gasteiger partial charge in [-0.15, -0.1) is 0 Å². The first-order chi connectivity index (χ1) is 6.27. The van der Waals surface area contributed by atoms with E-state index in [2.05, 4.69) is 30.6 Å². The van der Waals surface area contributed by atoms with Gasteiger partial charge >= 0.3 is 0 Å². The van der Waals surface area contributed by atoms with Crippen LogP contribution in [0.1, 0.15) is 26.7 Å². The van der Waals surface area contributed by atoms with E-state index in [0.29, 0.717) is 5.92 Å². The van der Waals surface area contributed by atoms with Gasteiger partial charge in [-0.2, -0.15) is 5.10 Å². The fourth-order valence-corrected chi connectivity index (χ4v) is 3.56. The monoisotopic (exact) mass is 176 g/mol. The van der Waals surface area contributed by atoms with E-state index in [4.69, 9.17) is 0 Å². The van der Waals surface area contributed by atoms with E-state index in [9.17, 15) is 0 Å². The van der Waals surface area contributed by atoms with Gasteiger partial charge in [0.15, 0.2) is 0 Å². The van der Waals surface area contributed by atoms with E-state index in [0.717, 1.165) is 17.8 Å². The van der Waals surface area contributed by atoms with Crippen LogP contribution in [0, 0.1) is 23.7 Å². The Hall–Kier alpha value is -0.790. The van der Waals surface area contributed by atoms with Gasteiger partial charge in [0.05, 0.1) is 0 Å². The fourth-order valence-electron chi connectivity index (χ4n) is 3.56. The molecule has 2 bridgehead atoms. The number of nitrogens with zero attached hydrogens (tertiary/aromatic N) is 1. The summed E-state index contributed by atoms with van der Waals surface area (Å²) in [7, 11) is 0. The van der Waals surface area contributed by atoms with Crippen molar-refractivity contribution in [3.8, 4) is 0 Å². The Morgan fingerprint density at radius 1 is 1.46 bits per heavy atom. The van der Waals surface area contributed by atoms with Crippen molar-refractivity contribution in [2.24, 2.45) is 28.8 Å². The summed E-state index contributed by atoms with van der Waals surface area (Å²) in [6, 6.07) is 0. The fraction of sp³-hybridized carbons (Fsp3) is 0.727. The molecule has 0 radical (unpaired) electrons. The van der Waals surface area contributed by atoms with Gasteiger partial charge in [-0.1, -0.05) is 6.92 Å². The Labute approximate surface area is 79.1 Å². The number of allylic oxidation sites excluding steroid dienone is 1. The number of nitrogens with one attached hydrogen (secondary N) is 1. The molecule has 0 saturated heterocycles. The third-order valence-electron chi connectivity index (χ3n) is 4.12. The van der Waals surface area contributed by atoms with E-state index in [1.54, 1.807) is 5.57 Å². The highest BCUT2D eigenvalue weighted by Gasteiger charge is 2.49. The van der Waals surface area contributed by atoms with Gasteiger partial charge in [0.2, 0.25) is 0 Å². The summed E-state index contributed by atoms with van der Waals surface area (Å²) in [6.45, 7) is 4.56. The van der Waals surface area contributed by atoms with Crippen LogP contribution in [-0.2, 0) is 0 Å². The van der Waals surface area contributed by atoms with Crippen LogP contribution in [0.4, 0.5) is 0 Å². The highest BCUT2D eigenvalue weighted by atomic mass is 15.3. The van der Waals surface area contributed by atoms with Gasteiger partial charge < -0.3 is 0 Å². The molecule has 2 nitrogen and oxygen atoms in total.